The predicted molar refractivity (Wildman–Crippen MR) is 114 cm³/mol. The highest BCUT2D eigenvalue weighted by molar-refractivity contribution is 5.46. The molecule has 29 heavy (non-hydrogen) atoms. The number of hydrogen-bond donors (Lipinski definition) is 0. The summed E-state index contributed by atoms with van der Waals surface area (Å²) in [5.74, 6) is -0.162. The number of anilines is 1. The van der Waals surface area contributed by atoms with Crippen LogP contribution in [0.4, 0.5) is 10.1 Å². The molecule has 3 fully saturated rings. The van der Waals surface area contributed by atoms with Crippen molar-refractivity contribution in [3.05, 3.63) is 66.0 Å². The van der Waals surface area contributed by atoms with Crippen LogP contribution in [0.25, 0.3) is 0 Å². The second-order valence-corrected chi connectivity index (χ2v) is 8.55. The fourth-order valence-corrected chi connectivity index (χ4v) is 5.30. The van der Waals surface area contributed by atoms with Gasteiger partial charge in [-0.05, 0) is 42.7 Å². The van der Waals surface area contributed by atoms with Crippen LogP contribution in [0.2, 0.25) is 0 Å². The standard InChI is InChI=1S/C24H30FN3O/c25-20-6-8-21(9-7-20)26-12-10-22(11-13-26)27-14-15-28-23(16-27)17-29-18-24(28)19-4-2-1-3-5-19/h1-9,22-24H,10-18H2/t23-,24-/m1/s1. The second-order valence-electron chi connectivity index (χ2n) is 8.55. The Morgan fingerprint density at radius 1 is 0.793 bits per heavy atom. The lowest BCUT2D eigenvalue weighted by Crippen LogP contribution is -2.61. The molecule has 5 heteroatoms. The molecule has 0 saturated carbocycles. The van der Waals surface area contributed by atoms with Crippen molar-refractivity contribution in [3.8, 4) is 0 Å². The molecule has 3 heterocycles. The molecule has 0 bridgehead atoms. The Morgan fingerprint density at radius 3 is 2.31 bits per heavy atom. The first-order valence-electron chi connectivity index (χ1n) is 10.9. The van der Waals surface area contributed by atoms with E-state index in [1.807, 2.05) is 12.1 Å². The number of piperidine rings is 1. The number of halogens is 1. The van der Waals surface area contributed by atoms with Gasteiger partial charge in [0, 0.05) is 50.5 Å². The van der Waals surface area contributed by atoms with Gasteiger partial charge in [-0.2, -0.15) is 0 Å². The predicted octanol–water partition coefficient (Wildman–Crippen LogP) is 3.55. The molecule has 0 aliphatic carbocycles. The highest BCUT2D eigenvalue weighted by Gasteiger charge is 2.38. The maximum Gasteiger partial charge on any atom is 0.123 e. The molecular formula is C24H30FN3O. The molecule has 0 N–H and O–H groups in total. The van der Waals surface area contributed by atoms with Crippen LogP contribution in [0.15, 0.2) is 54.6 Å². The molecule has 154 valence electrons. The lowest BCUT2D eigenvalue weighted by Gasteiger charge is -2.51. The van der Waals surface area contributed by atoms with Crippen molar-refractivity contribution in [2.24, 2.45) is 0 Å². The lowest BCUT2D eigenvalue weighted by molar-refractivity contribution is -0.0898. The van der Waals surface area contributed by atoms with E-state index in [0.717, 1.165) is 51.6 Å². The van der Waals surface area contributed by atoms with Crippen LogP contribution in [0.1, 0.15) is 24.4 Å². The molecule has 2 aromatic rings. The van der Waals surface area contributed by atoms with Gasteiger partial charge in [0.05, 0.1) is 19.3 Å². The third kappa shape index (κ3) is 4.04. The summed E-state index contributed by atoms with van der Waals surface area (Å²) in [6.07, 6.45) is 2.35. The van der Waals surface area contributed by atoms with Crippen LogP contribution in [0.5, 0.6) is 0 Å². The zero-order chi connectivity index (χ0) is 19.6. The van der Waals surface area contributed by atoms with E-state index in [1.165, 1.54) is 18.4 Å². The summed E-state index contributed by atoms with van der Waals surface area (Å²) in [7, 11) is 0. The first-order chi connectivity index (χ1) is 14.3. The van der Waals surface area contributed by atoms with Gasteiger partial charge < -0.3 is 9.64 Å². The smallest absolute Gasteiger partial charge is 0.123 e. The molecule has 3 aliphatic rings. The first-order valence-corrected chi connectivity index (χ1v) is 10.9. The van der Waals surface area contributed by atoms with E-state index in [4.69, 9.17) is 4.74 Å². The van der Waals surface area contributed by atoms with E-state index in [2.05, 4.69) is 45.0 Å². The van der Waals surface area contributed by atoms with Crippen LogP contribution in [-0.2, 0) is 4.74 Å². The molecule has 2 atom stereocenters. The molecular weight excluding hydrogens is 365 g/mol. The number of ether oxygens (including phenoxy) is 1. The van der Waals surface area contributed by atoms with E-state index < -0.39 is 0 Å². The van der Waals surface area contributed by atoms with E-state index >= 15 is 0 Å². The fourth-order valence-electron chi connectivity index (χ4n) is 5.30. The van der Waals surface area contributed by atoms with Crippen molar-refractivity contribution in [3.63, 3.8) is 0 Å². The Kier molecular flexibility index (Phi) is 5.53. The van der Waals surface area contributed by atoms with Crippen molar-refractivity contribution >= 4 is 5.69 Å². The lowest BCUT2D eigenvalue weighted by atomic mass is 9.97. The van der Waals surface area contributed by atoms with Crippen molar-refractivity contribution in [2.75, 3.05) is 50.8 Å². The van der Waals surface area contributed by atoms with Crippen LogP contribution < -0.4 is 4.90 Å². The molecule has 4 nitrogen and oxygen atoms in total. The third-order valence-corrected chi connectivity index (χ3v) is 6.90. The van der Waals surface area contributed by atoms with Gasteiger partial charge in [-0.15, -0.1) is 0 Å². The molecule has 0 spiro atoms. The number of piperazine rings is 1. The summed E-state index contributed by atoms with van der Waals surface area (Å²) in [6, 6.07) is 19.2. The number of benzene rings is 2. The Balaban J connectivity index is 1.19. The fraction of sp³-hybridized carbons (Fsp3) is 0.500. The van der Waals surface area contributed by atoms with E-state index in [-0.39, 0.29) is 5.82 Å². The number of rotatable bonds is 3. The quantitative estimate of drug-likeness (QED) is 0.791. The van der Waals surface area contributed by atoms with Crippen LogP contribution in [0.3, 0.4) is 0 Å². The molecule has 0 aromatic heterocycles. The van der Waals surface area contributed by atoms with Crippen molar-refractivity contribution in [1.29, 1.82) is 0 Å². The average molecular weight is 396 g/mol. The zero-order valence-corrected chi connectivity index (χ0v) is 16.9. The Hall–Kier alpha value is -1.95. The summed E-state index contributed by atoms with van der Waals surface area (Å²) in [5.41, 5.74) is 2.51. The SMILES string of the molecule is Fc1ccc(N2CCC(N3CCN4[C@@H](COC[C@@H]4c4ccccc4)C3)CC2)cc1. The minimum absolute atomic E-state index is 0.162. The topological polar surface area (TPSA) is 19.0 Å². The van der Waals surface area contributed by atoms with E-state index in [1.54, 1.807) is 12.1 Å². The van der Waals surface area contributed by atoms with E-state index in [9.17, 15) is 4.39 Å². The normalized spacial score (nSPS) is 27.0. The van der Waals surface area contributed by atoms with Gasteiger partial charge in [0.2, 0.25) is 0 Å². The number of hydrogen-bond acceptors (Lipinski definition) is 4. The Morgan fingerprint density at radius 2 is 1.55 bits per heavy atom. The second kappa shape index (κ2) is 8.42. The van der Waals surface area contributed by atoms with Gasteiger partial charge in [-0.1, -0.05) is 30.3 Å². The Labute approximate surface area is 172 Å². The molecule has 0 radical (unpaired) electrons. The van der Waals surface area contributed by atoms with Gasteiger partial charge in [0.15, 0.2) is 0 Å². The Bertz CT molecular complexity index is 792. The molecule has 3 saturated heterocycles. The van der Waals surface area contributed by atoms with Gasteiger partial charge in [0.1, 0.15) is 5.82 Å². The monoisotopic (exact) mass is 395 g/mol. The minimum atomic E-state index is -0.162. The summed E-state index contributed by atoms with van der Waals surface area (Å²) in [6.45, 7) is 7.09. The molecule has 0 amide bonds. The van der Waals surface area contributed by atoms with Crippen molar-refractivity contribution in [2.45, 2.75) is 31.0 Å². The van der Waals surface area contributed by atoms with Crippen molar-refractivity contribution < 1.29 is 9.13 Å². The molecule has 3 aliphatic heterocycles. The van der Waals surface area contributed by atoms with Gasteiger partial charge in [-0.3, -0.25) is 9.80 Å². The molecule has 0 unspecified atom stereocenters. The highest BCUT2D eigenvalue weighted by atomic mass is 19.1. The van der Waals surface area contributed by atoms with Crippen LogP contribution >= 0.6 is 0 Å². The zero-order valence-electron chi connectivity index (χ0n) is 16.9. The molecule has 2 aromatic carbocycles. The van der Waals surface area contributed by atoms with E-state index in [0.29, 0.717) is 18.1 Å². The third-order valence-electron chi connectivity index (χ3n) is 6.90. The maximum absolute atomic E-state index is 13.2. The highest BCUT2D eigenvalue weighted by Crippen LogP contribution is 2.31. The van der Waals surface area contributed by atoms with Crippen LogP contribution in [-0.4, -0.2) is 67.8 Å². The minimum Gasteiger partial charge on any atom is -0.378 e. The van der Waals surface area contributed by atoms with Crippen molar-refractivity contribution in [1.82, 2.24) is 9.80 Å². The average Bonchev–Trinajstić information content (AvgIpc) is 2.79. The largest absolute Gasteiger partial charge is 0.378 e. The molecule has 5 rings (SSSR count). The van der Waals surface area contributed by atoms with Crippen LogP contribution in [0, 0.1) is 5.82 Å². The summed E-state index contributed by atoms with van der Waals surface area (Å²) < 4.78 is 19.2. The number of fused-ring (bicyclic) bond motifs is 1. The maximum atomic E-state index is 13.2. The van der Waals surface area contributed by atoms with Gasteiger partial charge in [0.25, 0.3) is 0 Å². The number of nitrogens with zero attached hydrogens (tertiary/aromatic N) is 3. The first kappa shape index (κ1) is 19.0. The number of morpholine rings is 1. The summed E-state index contributed by atoms with van der Waals surface area (Å²) in [4.78, 5) is 7.75. The summed E-state index contributed by atoms with van der Waals surface area (Å²) in [5, 5.41) is 0. The summed E-state index contributed by atoms with van der Waals surface area (Å²) >= 11 is 0. The van der Waals surface area contributed by atoms with Gasteiger partial charge in [-0.25, -0.2) is 4.39 Å². The van der Waals surface area contributed by atoms with Gasteiger partial charge >= 0.3 is 0 Å².